The Bertz CT molecular complexity index is 1210. The molecule has 0 saturated heterocycles. The number of nitrogens with one attached hydrogen (secondary N) is 1. The van der Waals surface area contributed by atoms with Crippen LogP contribution in [0.5, 0.6) is 0 Å². The molecular formula is C20H16ClN3O3. The van der Waals surface area contributed by atoms with Crippen molar-refractivity contribution in [3.05, 3.63) is 75.2 Å². The van der Waals surface area contributed by atoms with Crippen molar-refractivity contribution in [3.63, 3.8) is 0 Å². The predicted octanol–water partition coefficient (Wildman–Crippen LogP) is 3.42. The van der Waals surface area contributed by atoms with E-state index < -0.39 is 5.63 Å². The lowest BCUT2D eigenvalue weighted by Gasteiger charge is -2.08. The standard InChI is InChI=1S/C20H16ClN3O3/c1-12-2-7-17-15(8-12)19-16(20(26)27-17)10-23-24(19)11-18(25)22-9-13-3-5-14(21)6-4-13/h2-8,10H,9,11H2,1H3,(H,22,25). The first kappa shape index (κ1) is 17.3. The summed E-state index contributed by atoms with van der Waals surface area (Å²) in [5.41, 5.74) is 2.58. The summed E-state index contributed by atoms with van der Waals surface area (Å²) < 4.78 is 6.88. The second-order valence-electron chi connectivity index (χ2n) is 6.36. The Morgan fingerprint density at radius 2 is 1.96 bits per heavy atom. The molecule has 136 valence electrons. The van der Waals surface area contributed by atoms with Crippen molar-refractivity contribution >= 4 is 39.4 Å². The van der Waals surface area contributed by atoms with Crippen molar-refractivity contribution in [1.29, 1.82) is 0 Å². The van der Waals surface area contributed by atoms with Crippen LogP contribution < -0.4 is 10.9 Å². The number of aromatic nitrogens is 2. The van der Waals surface area contributed by atoms with Crippen LogP contribution in [-0.2, 0) is 17.9 Å². The van der Waals surface area contributed by atoms with Crippen molar-refractivity contribution in [2.75, 3.05) is 0 Å². The Labute approximate surface area is 159 Å². The number of hydrogen-bond donors (Lipinski definition) is 1. The molecule has 0 spiro atoms. The van der Waals surface area contributed by atoms with Gasteiger partial charge in [-0.2, -0.15) is 5.10 Å². The van der Waals surface area contributed by atoms with E-state index in [-0.39, 0.29) is 12.5 Å². The maximum Gasteiger partial charge on any atom is 0.347 e. The quantitative estimate of drug-likeness (QED) is 0.549. The maximum atomic E-state index is 12.4. The summed E-state index contributed by atoms with van der Waals surface area (Å²) in [7, 11) is 0. The average Bonchev–Trinajstić information content (AvgIpc) is 3.06. The maximum absolute atomic E-state index is 12.4. The molecule has 0 aliphatic heterocycles. The van der Waals surface area contributed by atoms with Crippen molar-refractivity contribution < 1.29 is 9.21 Å². The Balaban J connectivity index is 1.62. The summed E-state index contributed by atoms with van der Waals surface area (Å²) >= 11 is 5.86. The van der Waals surface area contributed by atoms with Gasteiger partial charge >= 0.3 is 5.63 Å². The van der Waals surface area contributed by atoms with E-state index in [1.165, 1.54) is 10.9 Å². The van der Waals surface area contributed by atoms with E-state index in [1.807, 2.05) is 31.2 Å². The van der Waals surface area contributed by atoms with Crippen molar-refractivity contribution in [2.24, 2.45) is 0 Å². The van der Waals surface area contributed by atoms with Gasteiger partial charge in [0.2, 0.25) is 5.91 Å². The molecule has 1 amide bonds. The first-order valence-electron chi connectivity index (χ1n) is 8.41. The monoisotopic (exact) mass is 381 g/mol. The largest absolute Gasteiger partial charge is 0.422 e. The summed E-state index contributed by atoms with van der Waals surface area (Å²) in [6.07, 6.45) is 1.44. The van der Waals surface area contributed by atoms with Crippen molar-refractivity contribution in [1.82, 2.24) is 15.1 Å². The Morgan fingerprint density at radius 3 is 2.74 bits per heavy atom. The number of nitrogens with zero attached hydrogens (tertiary/aromatic N) is 2. The molecule has 2 aromatic heterocycles. The Morgan fingerprint density at radius 1 is 1.19 bits per heavy atom. The first-order valence-corrected chi connectivity index (χ1v) is 8.79. The molecule has 0 atom stereocenters. The van der Waals surface area contributed by atoms with Crippen LogP contribution in [0, 0.1) is 6.92 Å². The zero-order chi connectivity index (χ0) is 19.0. The van der Waals surface area contributed by atoms with Crippen LogP contribution in [0.25, 0.3) is 21.9 Å². The number of benzene rings is 2. The summed E-state index contributed by atoms with van der Waals surface area (Å²) in [6.45, 7) is 2.34. The van der Waals surface area contributed by atoms with E-state index in [2.05, 4.69) is 10.4 Å². The topological polar surface area (TPSA) is 77.1 Å². The molecular weight excluding hydrogens is 366 g/mol. The van der Waals surface area contributed by atoms with Crippen LogP contribution in [0.15, 0.2) is 57.9 Å². The zero-order valence-electron chi connectivity index (χ0n) is 14.5. The van der Waals surface area contributed by atoms with Crippen molar-refractivity contribution in [3.8, 4) is 0 Å². The third-order valence-electron chi connectivity index (χ3n) is 4.35. The molecule has 0 unspecified atom stereocenters. The molecule has 1 N–H and O–H groups in total. The predicted molar refractivity (Wildman–Crippen MR) is 104 cm³/mol. The van der Waals surface area contributed by atoms with E-state index in [0.717, 1.165) is 16.5 Å². The normalized spacial score (nSPS) is 11.2. The lowest BCUT2D eigenvalue weighted by Crippen LogP contribution is -2.27. The second kappa shape index (κ2) is 6.89. The van der Waals surface area contributed by atoms with Gasteiger partial charge in [0.05, 0.1) is 11.7 Å². The molecule has 27 heavy (non-hydrogen) atoms. The van der Waals surface area contributed by atoms with Gasteiger partial charge in [-0.1, -0.05) is 35.4 Å². The van der Waals surface area contributed by atoms with Gasteiger partial charge in [-0.25, -0.2) is 4.79 Å². The Hall–Kier alpha value is -3.12. The molecule has 4 aromatic rings. The zero-order valence-corrected chi connectivity index (χ0v) is 15.3. The van der Waals surface area contributed by atoms with E-state index in [4.69, 9.17) is 16.0 Å². The third-order valence-corrected chi connectivity index (χ3v) is 4.60. The van der Waals surface area contributed by atoms with Crippen LogP contribution in [-0.4, -0.2) is 15.7 Å². The highest BCUT2D eigenvalue weighted by Gasteiger charge is 2.15. The van der Waals surface area contributed by atoms with Gasteiger partial charge < -0.3 is 9.73 Å². The molecule has 0 aliphatic rings. The lowest BCUT2D eigenvalue weighted by atomic mass is 10.1. The number of rotatable bonds is 4. The number of halogens is 1. The van der Waals surface area contributed by atoms with Gasteiger partial charge in [0, 0.05) is 17.0 Å². The van der Waals surface area contributed by atoms with Crippen LogP contribution in [0.2, 0.25) is 5.02 Å². The van der Waals surface area contributed by atoms with Crippen molar-refractivity contribution in [2.45, 2.75) is 20.0 Å². The highest BCUT2D eigenvalue weighted by molar-refractivity contribution is 6.30. The van der Waals surface area contributed by atoms with E-state index in [9.17, 15) is 9.59 Å². The molecule has 0 saturated carbocycles. The molecule has 0 bridgehead atoms. The van der Waals surface area contributed by atoms with Gasteiger partial charge in [0.15, 0.2) is 0 Å². The number of hydrogen-bond acceptors (Lipinski definition) is 4. The number of fused-ring (bicyclic) bond motifs is 3. The number of carbonyl (C=O) groups is 1. The Kier molecular flexibility index (Phi) is 4.41. The number of aryl methyl sites for hydroxylation is 1. The average molecular weight is 382 g/mol. The van der Waals surface area contributed by atoms with E-state index in [0.29, 0.717) is 28.1 Å². The van der Waals surface area contributed by atoms with Crippen LogP contribution >= 0.6 is 11.6 Å². The smallest absolute Gasteiger partial charge is 0.347 e. The lowest BCUT2D eigenvalue weighted by molar-refractivity contribution is -0.121. The van der Waals surface area contributed by atoms with Gasteiger partial charge in [-0.15, -0.1) is 0 Å². The first-order chi connectivity index (χ1) is 13.0. The molecule has 0 fully saturated rings. The molecule has 4 rings (SSSR count). The molecule has 2 heterocycles. The molecule has 0 aliphatic carbocycles. The minimum atomic E-state index is -0.464. The summed E-state index contributed by atoms with van der Waals surface area (Å²) in [5.74, 6) is -0.205. The summed E-state index contributed by atoms with van der Waals surface area (Å²) in [6, 6.07) is 12.8. The fourth-order valence-corrected chi connectivity index (χ4v) is 3.13. The van der Waals surface area contributed by atoms with Crippen LogP contribution in [0.4, 0.5) is 0 Å². The summed E-state index contributed by atoms with van der Waals surface area (Å²) in [4.78, 5) is 24.6. The highest BCUT2D eigenvalue weighted by Crippen LogP contribution is 2.23. The van der Waals surface area contributed by atoms with Gasteiger partial charge in [-0.3, -0.25) is 9.48 Å². The van der Waals surface area contributed by atoms with Gasteiger partial charge in [0.25, 0.3) is 0 Å². The molecule has 2 aromatic carbocycles. The number of amides is 1. The highest BCUT2D eigenvalue weighted by atomic mass is 35.5. The minimum absolute atomic E-state index is 0.00356. The van der Waals surface area contributed by atoms with Crippen LogP contribution in [0.1, 0.15) is 11.1 Å². The fraction of sp³-hybridized carbons (Fsp3) is 0.150. The third kappa shape index (κ3) is 3.44. The van der Waals surface area contributed by atoms with Gasteiger partial charge in [-0.05, 0) is 36.8 Å². The molecule has 6 nitrogen and oxygen atoms in total. The minimum Gasteiger partial charge on any atom is -0.422 e. The van der Waals surface area contributed by atoms with E-state index >= 15 is 0 Å². The molecule has 7 heteroatoms. The summed E-state index contributed by atoms with van der Waals surface area (Å²) in [5, 5.41) is 8.84. The van der Waals surface area contributed by atoms with Gasteiger partial charge in [0.1, 0.15) is 17.5 Å². The number of carbonyl (C=O) groups excluding carboxylic acids is 1. The molecule has 0 radical (unpaired) electrons. The second-order valence-corrected chi connectivity index (χ2v) is 6.79. The fourth-order valence-electron chi connectivity index (χ4n) is 3.01. The SMILES string of the molecule is Cc1ccc2oc(=O)c3cnn(CC(=O)NCc4ccc(Cl)cc4)c3c2c1. The van der Waals surface area contributed by atoms with E-state index in [1.54, 1.807) is 18.2 Å². The van der Waals surface area contributed by atoms with Crippen LogP contribution in [0.3, 0.4) is 0 Å².